The summed E-state index contributed by atoms with van der Waals surface area (Å²) in [5.74, 6) is 0.596. The van der Waals surface area contributed by atoms with Crippen LogP contribution in [-0.2, 0) is 0 Å². The highest BCUT2D eigenvalue weighted by molar-refractivity contribution is 5.91. The van der Waals surface area contributed by atoms with Crippen LogP contribution in [-0.4, -0.2) is 32.1 Å². The Morgan fingerprint density at radius 1 is 1.17 bits per heavy atom. The molecular weight excluding hydrogens is 394 g/mol. The van der Waals surface area contributed by atoms with E-state index in [1.54, 1.807) is 42.0 Å². The third-order valence-corrected chi connectivity index (χ3v) is 4.13. The number of Topliss-reactive ketones (excluding diaryl/α,β-unsaturated/α-hetero) is 1. The lowest BCUT2D eigenvalue weighted by molar-refractivity contribution is 0.101. The predicted octanol–water partition coefficient (Wildman–Crippen LogP) is 3.48. The molecule has 156 valence electrons. The Balaban J connectivity index is 1.63. The van der Waals surface area contributed by atoms with Crippen molar-refractivity contribution in [3.8, 4) is 11.7 Å². The number of nitrogens with one attached hydrogen (secondary N) is 1. The van der Waals surface area contributed by atoms with E-state index in [1.807, 2.05) is 0 Å². The fourth-order valence-corrected chi connectivity index (χ4v) is 2.44. The summed E-state index contributed by atoms with van der Waals surface area (Å²) in [4.78, 5) is 15.3. The highest BCUT2D eigenvalue weighted by Crippen LogP contribution is 2.21. The summed E-state index contributed by atoms with van der Waals surface area (Å²) in [6.45, 7) is 3.20. The highest BCUT2D eigenvalue weighted by atomic mass is 19.3. The smallest absolute Gasteiger partial charge is 0.263 e. The molecule has 30 heavy (non-hydrogen) atoms. The van der Waals surface area contributed by atoms with Gasteiger partial charge in [-0.1, -0.05) is 12.1 Å². The van der Waals surface area contributed by atoms with Crippen molar-refractivity contribution in [2.45, 2.75) is 20.3 Å². The summed E-state index contributed by atoms with van der Waals surface area (Å²) in [7, 11) is 0. The zero-order valence-electron chi connectivity index (χ0n) is 16.3. The molecule has 1 aromatic carbocycles. The van der Waals surface area contributed by atoms with Gasteiger partial charge in [0.05, 0.1) is 5.70 Å². The Bertz CT molecular complexity index is 1040. The number of rotatable bonds is 8. The van der Waals surface area contributed by atoms with Crippen LogP contribution >= 0.6 is 0 Å². The van der Waals surface area contributed by atoms with E-state index in [9.17, 15) is 13.6 Å². The summed E-state index contributed by atoms with van der Waals surface area (Å²) in [6.07, 6.45) is 0.518. The van der Waals surface area contributed by atoms with Crippen molar-refractivity contribution in [3.63, 3.8) is 0 Å². The van der Waals surface area contributed by atoms with Crippen molar-refractivity contribution in [3.05, 3.63) is 71.6 Å². The van der Waals surface area contributed by atoms with Crippen LogP contribution in [0.2, 0.25) is 0 Å². The van der Waals surface area contributed by atoms with Gasteiger partial charge in [-0.05, 0) is 25.1 Å². The summed E-state index contributed by atoms with van der Waals surface area (Å²) >= 11 is 0. The van der Waals surface area contributed by atoms with Crippen molar-refractivity contribution in [1.82, 2.24) is 19.7 Å². The normalized spacial score (nSPS) is 11.9. The number of anilines is 1. The lowest BCUT2D eigenvalue weighted by atomic mass is 10.2. The van der Waals surface area contributed by atoms with Gasteiger partial charge in [-0.2, -0.15) is 0 Å². The second-order valence-corrected chi connectivity index (χ2v) is 6.45. The van der Waals surface area contributed by atoms with Gasteiger partial charge >= 0.3 is 0 Å². The zero-order chi connectivity index (χ0) is 21.7. The average molecular weight is 414 g/mol. The molecule has 0 aliphatic heterocycles. The fraction of sp³-hybridized carbons (Fsp3) is 0.200. The van der Waals surface area contributed by atoms with Crippen LogP contribution in [0, 0.1) is 0 Å². The van der Waals surface area contributed by atoms with E-state index in [-0.39, 0.29) is 23.8 Å². The number of alkyl halides is 2. The third kappa shape index (κ3) is 5.16. The molecule has 0 unspecified atom stereocenters. The molecule has 0 saturated carbocycles. The number of carbonyl (C=O) groups is 1. The molecule has 8 nitrogen and oxygen atoms in total. The number of allylic oxidation sites excluding steroid dienone is 1. The Morgan fingerprint density at radius 2 is 1.90 bits per heavy atom. The molecule has 0 spiro atoms. The van der Waals surface area contributed by atoms with Crippen molar-refractivity contribution < 1.29 is 18.3 Å². The number of nitrogens with zero attached hydrogens (tertiary/aromatic N) is 4. The number of nitrogens with two attached hydrogens (primary N) is 1. The molecule has 3 N–H and O–H groups in total. The first-order chi connectivity index (χ1) is 14.3. The first-order valence-electron chi connectivity index (χ1n) is 8.95. The van der Waals surface area contributed by atoms with Crippen molar-refractivity contribution in [1.29, 1.82) is 0 Å². The molecule has 0 bridgehead atoms. The maximum Gasteiger partial charge on any atom is 0.263 e. The lowest BCUT2D eigenvalue weighted by Crippen LogP contribution is -2.15. The minimum Gasteiger partial charge on any atom is -0.470 e. The van der Waals surface area contributed by atoms with Gasteiger partial charge in [0.1, 0.15) is 18.6 Å². The topological polar surface area (TPSA) is 108 Å². The van der Waals surface area contributed by atoms with E-state index in [0.29, 0.717) is 28.6 Å². The van der Waals surface area contributed by atoms with E-state index in [1.165, 1.54) is 25.4 Å². The minimum atomic E-state index is -2.52. The maximum atomic E-state index is 12.7. The van der Waals surface area contributed by atoms with Crippen molar-refractivity contribution >= 4 is 11.5 Å². The van der Waals surface area contributed by atoms with Crippen LogP contribution < -0.4 is 15.8 Å². The molecule has 0 fully saturated rings. The highest BCUT2D eigenvalue weighted by Gasteiger charge is 2.09. The van der Waals surface area contributed by atoms with E-state index in [0.717, 1.165) is 0 Å². The van der Waals surface area contributed by atoms with Crippen LogP contribution in [0.1, 0.15) is 36.3 Å². The van der Waals surface area contributed by atoms with Gasteiger partial charge in [-0.15, -0.1) is 10.2 Å². The van der Waals surface area contributed by atoms with Gasteiger partial charge in [0.2, 0.25) is 5.88 Å². The number of benzene rings is 1. The second-order valence-electron chi connectivity index (χ2n) is 6.45. The Morgan fingerprint density at radius 3 is 2.43 bits per heavy atom. The number of ether oxygens (including phenoxy) is 1. The Labute approximate surface area is 171 Å². The number of aromatic nitrogens is 4. The Hall–Kier alpha value is -3.82. The molecule has 3 rings (SSSR count). The zero-order valence-corrected chi connectivity index (χ0v) is 16.3. The number of halogens is 2. The van der Waals surface area contributed by atoms with E-state index >= 15 is 0 Å². The molecular formula is C20H20F2N6O2. The minimum absolute atomic E-state index is 0.0597. The summed E-state index contributed by atoms with van der Waals surface area (Å²) in [5.41, 5.74) is 7.81. The van der Waals surface area contributed by atoms with Gasteiger partial charge in [-0.3, -0.25) is 9.36 Å². The average Bonchev–Trinajstić information content (AvgIpc) is 3.22. The first kappa shape index (κ1) is 20.9. The van der Waals surface area contributed by atoms with E-state index in [2.05, 4.69) is 20.5 Å². The molecule has 2 aromatic heterocycles. The molecule has 0 amide bonds. The van der Waals surface area contributed by atoms with Crippen molar-refractivity contribution in [2.75, 3.05) is 11.9 Å². The summed E-state index contributed by atoms with van der Waals surface area (Å²) in [5, 5.41) is 11.1. The first-order valence-corrected chi connectivity index (χ1v) is 8.95. The fourth-order valence-electron chi connectivity index (χ4n) is 2.44. The van der Waals surface area contributed by atoms with Crippen LogP contribution in [0.5, 0.6) is 5.88 Å². The maximum absolute atomic E-state index is 12.7. The van der Waals surface area contributed by atoms with Gasteiger partial charge in [0.15, 0.2) is 11.6 Å². The molecule has 3 aromatic rings. The van der Waals surface area contributed by atoms with Crippen LogP contribution in [0.15, 0.2) is 60.3 Å². The molecule has 0 aliphatic rings. The Kier molecular flexibility index (Phi) is 6.35. The molecule has 0 aliphatic carbocycles. The molecule has 0 saturated heterocycles. The van der Waals surface area contributed by atoms with E-state index in [4.69, 9.17) is 10.5 Å². The molecule has 0 atom stereocenters. The van der Waals surface area contributed by atoms with E-state index < -0.39 is 6.43 Å². The molecule has 0 radical (unpaired) electrons. The quantitative estimate of drug-likeness (QED) is 0.543. The third-order valence-electron chi connectivity index (χ3n) is 4.13. The summed E-state index contributed by atoms with van der Waals surface area (Å²) in [6, 6.07) is 9.06. The van der Waals surface area contributed by atoms with Crippen LogP contribution in [0.3, 0.4) is 0 Å². The van der Waals surface area contributed by atoms with Crippen LogP contribution in [0.25, 0.3) is 5.82 Å². The lowest BCUT2D eigenvalue weighted by Gasteiger charge is -2.14. The van der Waals surface area contributed by atoms with Gasteiger partial charge in [0, 0.05) is 36.1 Å². The van der Waals surface area contributed by atoms with Crippen molar-refractivity contribution in [2.24, 2.45) is 5.73 Å². The molecule has 10 heteroatoms. The predicted molar refractivity (Wildman–Crippen MR) is 107 cm³/mol. The monoisotopic (exact) mass is 414 g/mol. The SMILES string of the molecule is CC(=O)c1cn(-c2ccc(OC/C(Nc3ccc(C(F)F)cc3)=C(\C)N)nn2)cn1. The number of hydrogen-bond acceptors (Lipinski definition) is 7. The number of hydrogen-bond donors (Lipinski definition) is 2. The number of ketones is 1. The standard InChI is InChI=1S/C20H20F2N6O2/c1-12(23)17(25-15-5-3-14(4-6-15)20(21)22)10-30-19-8-7-18(26-27-19)28-9-16(13(2)29)24-11-28/h3-9,11,20,25H,10,23H2,1-2H3/b17-12-. The number of carbonyl (C=O) groups excluding carboxylic acids is 1. The number of imidazole rings is 1. The molecule has 2 heterocycles. The van der Waals surface area contributed by atoms with Gasteiger partial charge < -0.3 is 15.8 Å². The second kappa shape index (κ2) is 9.12. The summed E-state index contributed by atoms with van der Waals surface area (Å²) < 4.78 is 32.5. The largest absolute Gasteiger partial charge is 0.470 e. The van der Waals surface area contributed by atoms with Gasteiger partial charge in [0.25, 0.3) is 6.43 Å². The van der Waals surface area contributed by atoms with Gasteiger partial charge in [-0.25, -0.2) is 13.8 Å². The van der Waals surface area contributed by atoms with Crippen LogP contribution in [0.4, 0.5) is 14.5 Å².